The Morgan fingerprint density at radius 3 is 2.80 bits per heavy atom. The maximum absolute atomic E-state index is 5.41. The molecule has 0 fully saturated rings. The van der Waals surface area contributed by atoms with Gasteiger partial charge in [-0.05, 0) is 23.3 Å². The first-order valence-electron chi connectivity index (χ1n) is 6.13. The lowest BCUT2D eigenvalue weighted by atomic mass is 10.1. The third-order valence-corrected chi connectivity index (χ3v) is 3.10. The van der Waals surface area contributed by atoms with Crippen LogP contribution in [0.5, 0.6) is 11.5 Å². The normalized spacial score (nSPS) is 12.1. The lowest BCUT2D eigenvalue weighted by Gasteiger charge is -2.14. The van der Waals surface area contributed by atoms with Crippen molar-refractivity contribution in [2.24, 2.45) is 4.99 Å². The number of ether oxygens (including phenoxy) is 2. The largest absolute Gasteiger partial charge is 0.495 e. The second-order valence-corrected chi connectivity index (χ2v) is 4.29. The number of nitrogens with zero attached hydrogens (tertiary/aromatic N) is 3. The summed E-state index contributed by atoms with van der Waals surface area (Å²) in [5, 5.41) is 3.21. The molecule has 1 N–H and O–H groups in total. The quantitative estimate of drug-likeness (QED) is 0.922. The zero-order chi connectivity index (χ0) is 13.9. The molecule has 1 aromatic carbocycles. The Kier molecular flexibility index (Phi) is 3.20. The number of nitrogens with one attached hydrogen (secondary N) is 1. The lowest BCUT2D eigenvalue weighted by Crippen LogP contribution is -2.01. The molecule has 1 aliphatic heterocycles. The summed E-state index contributed by atoms with van der Waals surface area (Å²) in [6.45, 7) is 0.697. The van der Waals surface area contributed by atoms with E-state index < -0.39 is 0 Å². The van der Waals surface area contributed by atoms with Gasteiger partial charge in [0.15, 0.2) is 11.6 Å². The van der Waals surface area contributed by atoms with Gasteiger partial charge in [-0.25, -0.2) is 9.97 Å². The van der Waals surface area contributed by atoms with Gasteiger partial charge in [0.05, 0.1) is 32.6 Å². The summed E-state index contributed by atoms with van der Waals surface area (Å²) in [5.74, 6) is 1.91. The topological polar surface area (TPSA) is 68.6 Å². The average molecular weight is 270 g/mol. The molecule has 0 radical (unpaired) electrons. The Balaban J connectivity index is 1.99. The van der Waals surface area contributed by atoms with Crippen LogP contribution in [0.3, 0.4) is 0 Å². The van der Waals surface area contributed by atoms with Crippen LogP contribution in [-0.4, -0.2) is 30.4 Å². The number of hydrogen-bond acceptors (Lipinski definition) is 6. The van der Waals surface area contributed by atoms with Gasteiger partial charge in [-0.3, -0.25) is 4.99 Å². The molecule has 0 saturated carbocycles. The lowest BCUT2D eigenvalue weighted by molar-refractivity contribution is 0.411. The second-order valence-electron chi connectivity index (χ2n) is 4.29. The van der Waals surface area contributed by atoms with Gasteiger partial charge >= 0.3 is 0 Å². The first-order valence-corrected chi connectivity index (χ1v) is 6.13. The molecule has 0 amide bonds. The van der Waals surface area contributed by atoms with E-state index in [1.54, 1.807) is 20.4 Å². The Bertz CT molecular complexity index is 670. The smallest absolute Gasteiger partial charge is 0.179 e. The van der Waals surface area contributed by atoms with E-state index in [9.17, 15) is 0 Å². The number of anilines is 2. The van der Waals surface area contributed by atoms with Crippen LogP contribution in [0.25, 0.3) is 0 Å². The van der Waals surface area contributed by atoms with Gasteiger partial charge in [0.25, 0.3) is 0 Å². The maximum atomic E-state index is 5.41. The number of methoxy groups -OCH3 is 2. The van der Waals surface area contributed by atoms with E-state index in [-0.39, 0.29) is 0 Å². The molecule has 0 spiro atoms. The molecule has 1 aliphatic rings. The first kappa shape index (κ1) is 12.4. The van der Waals surface area contributed by atoms with E-state index in [0.29, 0.717) is 18.1 Å². The zero-order valence-electron chi connectivity index (χ0n) is 11.3. The van der Waals surface area contributed by atoms with Crippen LogP contribution in [0.15, 0.2) is 29.6 Å². The van der Waals surface area contributed by atoms with Gasteiger partial charge in [-0.15, -0.1) is 0 Å². The van der Waals surface area contributed by atoms with E-state index >= 15 is 0 Å². The molecule has 0 atom stereocenters. The van der Waals surface area contributed by atoms with Crippen LogP contribution < -0.4 is 14.8 Å². The molecular weight excluding hydrogens is 256 g/mol. The van der Waals surface area contributed by atoms with Crippen LogP contribution in [0.1, 0.15) is 11.1 Å². The van der Waals surface area contributed by atoms with Crippen molar-refractivity contribution in [1.82, 2.24) is 9.97 Å². The number of aromatic nitrogens is 2. The third-order valence-electron chi connectivity index (χ3n) is 3.10. The molecule has 1 aromatic heterocycles. The number of aliphatic imine (C=N–C) groups is 1. The molecular formula is C14H14N4O2. The summed E-state index contributed by atoms with van der Waals surface area (Å²) in [5.41, 5.74) is 3.06. The fourth-order valence-corrected chi connectivity index (χ4v) is 2.09. The number of rotatable bonds is 4. The summed E-state index contributed by atoms with van der Waals surface area (Å²) in [6.07, 6.45) is 4.93. The third kappa shape index (κ3) is 2.16. The average Bonchev–Trinajstić information content (AvgIpc) is 2.94. The van der Waals surface area contributed by atoms with Crippen LogP contribution in [-0.2, 0) is 6.54 Å². The summed E-state index contributed by atoms with van der Waals surface area (Å²) < 4.78 is 10.6. The second kappa shape index (κ2) is 5.16. The fraction of sp³-hybridized carbons (Fsp3) is 0.214. The number of fused-ring (bicyclic) bond motifs is 1. The van der Waals surface area contributed by atoms with Crippen molar-refractivity contribution in [2.45, 2.75) is 6.54 Å². The zero-order valence-corrected chi connectivity index (χ0v) is 11.3. The van der Waals surface area contributed by atoms with Crippen molar-refractivity contribution in [2.75, 3.05) is 19.5 Å². The Morgan fingerprint density at radius 1 is 1.15 bits per heavy atom. The highest BCUT2D eigenvalue weighted by atomic mass is 16.5. The van der Waals surface area contributed by atoms with Gasteiger partial charge in [0.1, 0.15) is 12.1 Å². The molecule has 3 rings (SSSR count). The molecule has 2 heterocycles. The summed E-state index contributed by atoms with van der Waals surface area (Å²) in [6, 6.07) is 3.98. The van der Waals surface area contributed by atoms with E-state index in [1.807, 2.05) is 18.3 Å². The van der Waals surface area contributed by atoms with Crippen LogP contribution >= 0.6 is 0 Å². The Labute approximate surface area is 116 Å². The van der Waals surface area contributed by atoms with Crippen molar-refractivity contribution in [1.29, 1.82) is 0 Å². The van der Waals surface area contributed by atoms with Crippen molar-refractivity contribution in [3.8, 4) is 11.5 Å². The van der Waals surface area contributed by atoms with Gasteiger partial charge in [-0.1, -0.05) is 0 Å². The SMILES string of the molecule is COc1cc2c(cc1Nc1ncncc1OC)C=NC2. The number of hydrogen-bond donors (Lipinski definition) is 1. The number of benzene rings is 1. The monoisotopic (exact) mass is 270 g/mol. The highest BCUT2D eigenvalue weighted by molar-refractivity contribution is 5.88. The Morgan fingerprint density at radius 2 is 2.00 bits per heavy atom. The van der Waals surface area contributed by atoms with Gasteiger partial charge in [0, 0.05) is 6.21 Å². The van der Waals surface area contributed by atoms with Gasteiger partial charge in [0.2, 0.25) is 0 Å². The van der Waals surface area contributed by atoms with Crippen LogP contribution in [0.2, 0.25) is 0 Å². The van der Waals surface area contributed by atoms with Crippen LogP contribution in [0.4, 0.5) is 11.5 Å². The van der Waals surface area contributed by atoms with Crippen molar-refractivity contribution in [3.05, 3.63) is 35.8 Å². The highest BCUT2D eigenvalue weighted by Gasteiger charge is 2.14. The minimum absolute atomic E-state index is 0.573. The van der Waals surface area contributed by atoms with Crippen molar-refractivity contribution in [3.63, 3.8) is 0 Å². The maximum Gasteiger partial charge on any atom is 0.179 e. The molecule has 20 heavy (non-hydrogen) atoms. The summed E-state index contributed by atoms with van der Waals surface area (Å²) >= 11 is 0. The van der Waals surface area contributed by atoms with Gasteiger partial charge in [-0.2, -0.15) is 0 Å². The van der Waals surface area contributed by atoms with E-state index in [2.05, 4.69) is 20.3 Å². The summed E-state index contributed by atoms with van der Waals surface area (Å²) in [4.78, 5) is 12.4. The molecule has 0 aliphatic carbocycles. The molecule has 6 heteroatoms. The van der Waals surface area contributed by atoms with E-state index in [0.717, 1.165) is 22.6 Å². The van der Waals surface area contributed by atoms with Crippen molar-refractivity contribution < 1.29 is 9.47 Å². The van der Waals surface area contributed by atoms with Crippen molar-refractivity contribution >= 4 is 17.7 Å². The molecule has 6 nitrogen and oxygen atoms in total. The minimum Gasteiger partial charge on any atom is -0.495 e. The predicted molar refractivity (Wildman–Crippen MR) is 76.2 cm³/mol. The van der Waals surface area contributed by atoms with Gasteiger partial charge < -0.3 is 14.8 Å². The van der Waals surface area contributed by atoms with Crippen LogP contribution in [0, 0.1) is 0 Å². The molecule has 0 saturated heterocycles. The molecule has 0 bridgehead atoms. The Hall–Kier alpha value is -2.63. The molecule has 0 unspecified atom stereocenters. The highest BCUT2D eigenvalue weighted by Crippen LogP contribution is 2.34. The minimum atomic E-state index is 0.573. The standard InChI is InChI=1S/C14H14N4O2/c1-19-12-4-10-6-15-5-9(10)3-11(12)18-14-13(20-2)7-16-8-17-14/h3-5,7-8H,6H2,1-2H3,(H,16,17,18). The van der Waals surface area contributed by atoms with E-state index in [4.69, 9.17) is 9.47 Å². The fourth-order valence-electron chi connectivity index (χ4n) is 2.09. The summed E-state index contributed by atoms with van der Waals surface area (Å²) in [7, 11) is 3.22. The molecule has 102 valence electrons. The predicted octanol–water partition coefficient (Wildman–Crippen LogP) is 2.17. The molecule has 2 aromatic rings. The van der Waals surface area contributed by atoms with E-state index in [1.165, 1.54) is 6.33 Å². The first-order chi connectivity index (χ1) is 9.81.